The summed E-state index contributed by atoms with van der Waals surface area (Å²) in [7, 11) is 0. The van der Waals surface area contributed by atoms with Gasteiger partial charge in [-0.1, -0.05) is 25.0 Å². The second-order valence-corrected chi connectivity index (χ2v) is 8.87. The fourth-order valence-electron chi connectivity index (χ4n) is 4.03. The average Bonchev–Trinajstić information content (AvgIpc) is 3.49. The molecule has 4 rings (SSSR count). The van der Waals surface area contributed by atoms with Crippen molar-refractivity contribution in [2.75, 3.05) is 4.90 Å². The Hall–Kier alpha value is -2.93. The van der Waals surface area contributed by atoms with Gasteiger partial charge in [0.25, 0.3) is 5.91 Å². The number of rotatable bonds is 7. The molecule has 0 bridgehead atoms. The number of thiophene rings is 1. The van der Waals surface area contributed by atoms with Crippen LogP contribution in [0.25, 0.3) is 0 Å². The molecule has 7 heteroatoms. The molecule has 1 fully saturated rings. The minimum absolute atomic E-state index is 0.0767. The molecule has 0 unspecified atom stereocenters. The molecule has 2 amide bonds. The first-order valence-corrected chi connectivity index (χ1v) is 11.4. The minimum Gasteiger partial charge on any atom is -0.464 e. The van der Waals surface area contributed by atoms with Gasteiger partial charge >= 0.3 is 0 Å². The quantitative estimate of drug-likeness (QED) is 0.552. The van der Waals surface area contributed by atoms with E-state index in [9.17, 15) is 14.0 Å². The maximum atomic E-state index is 14.1. The highest BCUT2D eigenvalue weighted by atomic mass is 32.1. The molecule has 1 aromatic carbocycles. The molecule has 1 N–H and O–H groups in total. The molecule has 5 nitrogen and oxygen atoms in total. The number of benzene rings is 1. The molecule has 1 atom stereocenters. The lowest BCUT2D eigenvalue weighted by Gasteiger charge is -2.31. The molecule has 0 radical (unpaired) electrons. The number of halogens is 1. The molecule has 3 aromatic rings. The highest BCUT2D eigenvalue weighted by molar-refractivity contribution is 7.10. The first kappa shape index (κ1) is 21.3. The van der Waals surface area contributed by atoms with Crippen molar-refractivity contribution in [3.05, 3.63) is 76.1 Å². The lowest BCUT2D eigenvalue weighted by molar-refractivity contribution is -0.127. The maximum absolute atomic E-state index is 14.1. The van der Waals surface area contributed by atoms with Crippen LogP contribution in [-0.4, -0.2) is 17.9 Å². The summed E-state index contributed by atoms with van der Waals surface area (Å²) in [5.74, 6) is -0.0916. The summed E-state index contributed by atoms with van der Waals surface area (Å²) in [5.41, 5.74) is 0.321. The monoisotopic (exact) mass is 440 g/mol. The number of carbonyl (C=O) groups excluding carboxylic acids is 2. The number of amides is 2. The van der Waals surface area contributed by atoms with Gasteiger partial charge in [-0.05, 0) is 61.5 Å². The molecule has 0 spiro atoms. The lowest BCUT2D eigenvalue weighted by atomic mass is 10.1. The van der Waals surface area contributed by atoms with Gasteiger partial charge in [0, 0.05) is 16.6 Å². The van der Waals surface area contributed by atoms with Crippen LogP contribution >= 0.6 is 11.3 Å². The fraction of sp³-hybridized carbons (Fsp3) is 0.333. The highest BCUT2D eigenvalue weighted by Crippen LogP contribution is 2.31. The van der Waals surface area contributed by atoms with Gasteiger partial charge in [-0.15, -0.1) is 11.3 Å². The van der Waals surface area contributed by atoms with Crippen molar-refractivity contribution in [1.82, 2.24) is 5.32 Å². The summed E-state index contributed by atoms with van der Waals surface area (Å²) in [6, 6.07) is 12.0. The van der Waals surface area contributed by atoms with Gasteiger partial charge in [0.2, 0.25) is 5.91 Å². The second-order valence-electron chi connectivity index (χ2n) is 7.84. The Labute approximate surface area is 184 Å². The third kappa shape index (κ3) is 5.05. The highest BCUT2D eigenvalue weighted by Gasteiger charge is 2.36. The number of furan rings is 1. The molecule has 31 heavy (non-hydrogen) atoms. The van der Waals surface area contributed by atoms with Crippen LogP contribution in [0.1, 0.15) is 48.1 Å². The summed E-state index contributed by atoms with van der Waals surface area (Å²) in [5, 5.41) is 4.98. The zero-order valence-corrected chi connectivity index (χ0v) is 18.2. The van der Waals surface area contributed by atoms with Crippen molar-refractivity contribution < 1.29 is 18.4 Å². The molecular formula is C24H25FN2O3S. The smallest absolute Gasteiger partial charge is 0.251 e. The molecule has 0 saturated heterocycles. The molecule has 2 aromatic heterocycles. The predicted octanol–water partition coefficient (Wildman–Crippen LogP) is 5.16. The van der Waals surface area contributed by atoms with E-state index in [0.717, 1.165) is 30.6 Å². The Balaban J connectivity index is 1.74. The van der Waals surface area contributed by atoms with Gasteiger partial charge in [-0.3, -0.25) is 14.5 Å². The molecule has 1 aliphatic carbocycles. The first-order valence-electron chi connectivity index (χ1n) is 10.5. The third-order valence-corrected chi connectivity index (χ3v) is 6.38. The van der Waals surface area contributed by atoms with E-state index in [0.29, 0.717) is 17.2 Å². The number of nitrogens with one attached hydrogen (secondary N) is 1. The van der Waals surface area contributed by atoms with Crippen LogP contribution in [0.4, 0.5) is 10.1 Å². The molecule has 162 valence electrons. The molecule has 1 aliphatic rings. The molecule has 0 aliphatic heterocycles. The normalized spacial score (nSPS) is 15.0. The maximum Gasteiger partial charge on any atom is 0.251 e. The standard InChI is InChI=1S/C24H25FN2O3S/c1-16-11-12-21(30-16)23(24(29)26-18-7-2-3-8-18)27(19-9-4-6-17(25)14-19)22(28)15-20-10-5-13-31-20/h4-6,9-14,18,23H,2-3,7-8,15H2,1H3,(H,26,29)/t23-/m0/s1. The number of hydrogen-bond acceptors (Lipinski definition) is 4. The van der Waals surface area contributed by atoms with Crippen LogP contribution in [0.3, 0.4) is 0 Å². The van der Waals surface area contributed by atoms with Crippen molar-refractivity contribution in [3.8, 4) is 0 Å². The van der Waals surface area contributed by atoms with Crippen LogP contribution in [0, 0.1) is 12.7 Å². The van der Waals surface area contributed by atoms with E-state index in [1.807, 2.05) is 17.5 Å². The minimum atomic E-state index is -1.02. The first-order chi connectivity index (χ1) is 15.0. The van der Waals surface area contributed by atoms with Gasteiger partial charge < -0.3 is 9.73 Å². The number of nitrogens with zero attached hydrogens (tertiary/aromatic N) is 1. The largest absolute Gasteiger partial charge is 0.464 e. The van der Waals surface area contributed by atoms with Crippen LogP contribution in [0.2, 0.25) is 0 Å². The lowest BCUT2D eigenvalue weighted by Crippen LogP contribution is -2.46. The van der Waals surface area contributed by atoms with Gasteiger partial charge in [0.05, 0.1) is 6.42 Å². The zero-order valence-electron chi connectivity index (χ0n) is 17.3. The van der Waals surface area contributed by atoms with Gasteiger partial charge in [-0.2, -0.15) is 0 Å². The Bertz CT molecular complexity index is 1040. The second kappa shape index (κ2) is 9.47. The van der Waals surface area contributed by atoms with Crippen LogP contribution in [-0.2, 0) is 16.0 Å². The Kier molecular flexibility index (Phi) is 6.51. The number of carbonyl (C=O) groups is 2. The number of anilines is 1. The average molecular weight is 441 g/mol. The van der Waals surface area contributed by atoms with Crippen molar-refractivity contribution >= 4 is 28.8 Å². The van der Waals surface area contributed by atoms with Crippen molar-refractivity contribution in [1.29, 1.82) is 0 Å². The molecular weight excluding hydrogens is 415 g/mol. The Morgan fingerprint density at radius 3 is 2.65 bits per heavy atom. The third-order valence-electron chi connectivity index (χ3n) is 5.50. The van der Waals surface area contributed by atoms with E-state index in [-0.39, 0.29) is 24.3 Å². The van der Waals surface area contributed by atoms with Gasteiger partial charge in [0.1, 0.15) is 17.3 Å². The van der Waals surface area contributed by atoms with E-state index in [2.05, 4.69) is 5.32 Å². The number of aryl methyl sites for hydroxylation is 1. The summed E-state index contributed by atoms with van der Waals surface area (Å²) in [6.45, 7) is 1.79. The SMILES string of the molecule is Cc1ccc([C@@H](C(=O)NC2CCCC2)N(C(=O)Cc2cccs2)c2cccc(F)c2)o1. The van der Waals surface area contributed by atoms with E-state index in [4.69, 9.17) is 4.42 Å². The van der Waals surface area contributed by atoms with E-state index in [1.165, 1.54) is 34.4 Å². The van der Waals surface area contributed by atoms with Crippen molar-refractivity contribution in [3.63, 3.8) is 0 Å². The Morgan fingerprint density at radius 1 is 1.19 bits per heavy atom. The van der Waals surface area contributed by atoms with Gasteiger partial charge in [0.15, 0.2) is 6.04 Å². The van der Waals surface area contributed by atoms with Crippen LogP contribution in [0.5, 0.6) is 0 Å². The summed E-state index contributed by atoms with van der Waals surface area (Å²) in [4.78, 5) is 29.2. The summed E-state index contributed by atoms with van der Waals surface area (Å²) >= 11 is 1.47. The molecule has 2 heterocycles. The van der Waals surface area contributed by atoms with Crippen molar-refractivity contribution in [2.45, 2.75) is 51.1 Å². The zero-order chi connectivity index (χ0) is 21.8. The topological polar surface area (TPSA) is 62.6 Å². The van der Waals surface area contributed by atoms with E-state index < -0.39 is 11.9 Å². The molecule has 1 saturated carbocycles. The number of hydrogen-bond donors (Lipinski definition) is 1. The summed E-state index contributed by atoms with van der Waals surface area (Å²) < 4.78 is 19.9. The van der Waals surface area contributed by atoms with E-state index >= 15 is 0 Å². The predicted molar refractivity (Wildman–Crippen MR) is 118 cm³/mol. The Morgan fingerprint density at radius 2 is 2.00 bits per heavy atom. The summed E-state index contributed by atoms with van der Waals surface area (Å²) in [6.07, 6.45) is 4.08. The van der Waals surface area contributed by atoms with Crippen LogP contribution in [0.15, 0.2) is 58.3 Å². The van der Waals surface area contributed by atoms with Gasteiger partial charge in [-0.25, -0.2) is 4.39 Å². The van der Waals surface area contributed by atoms with E-state index in [1.54, 1.807) is 25.1 Å². The van der Waals surface area contributed by atoms with Crippen molar-refractivity contribution in [2.24, 2.45) is 0 Å². The van der Waals surface area contributed by atoms with Crippen LogP contribution < -0.4 is 10.2 Å². The fourth-order valence-corrected chi connectivity index (χ4v) is 4.73.